The van der Waals surface area contributed by atoms with Crippen molar-refractivity contribution in [2.24, 2.45) is 0 Å². The molecule has 2 aromatic carbocycles. The van der Waals surface area contributed by atoms with E-state index in [0.29, 0.717) is 5.56 Å². The third-order valence-electron chi connectivity index (χ3n) is 3.68. The van der Waals surface area contributed by atoms with Gasteiger partial charge in [-0.1, -0.05) is 65.1 Å². The number of rotatable bonds is 4. The van der Waals surface area contributed by atoms with Crippen molar-refractivity contribution < 1.29 is 13.2 Å². The van der Waals surface area contributed by atoms with E-state index in [1.54, 1.807) is 30.3 Å². The van der Waals surface area contributed by atoms with E-state index < -0.39 is 22.5 Å². The minimum Gasteiger partial charge on any atom is -0.325 e. The SMILES string of the molecule is O=c1c(Cl)c(C(F)(F)F)nc(Nc2cc(Cl)cc(Cl)c2)n1Cc1ccccc1. The second kappa shape index (κ2) is 8.03. The molecule has 0 radical (unpaired) electrons. The molecule has 3 rings (SSSR count). The van der Waals surface area contributed by atoms with Gasteiger partial charge in [0.25, 0.3) is 5.56 Å². The Labute approximate surface area is 172 Å². The third kappa shape index (κ3) is 4.60. The zero-order valence-electron chi connectivity index (χ0n) is 13.9. The average molecular weight is 449 g/mol. The molecule has 0 aliphatic rings. The molecule has 0 fully saturated rings. The Morgan fingerprint density at radius 3 is 2.18 bits per heavy atom. The topological polar surface area (TPSA) is 46.9 Å². The molecule has 146 valence electrons. The van der Waals surface area contributed by atoms with Crippen molar-refractivity contribution in [1.29, 1.82) is 0 Å². The zero-order valence-corrected chi connectivity index (χ0v) is 16.2. The van der Waals surface area contributed by atoms with Crippen LogP contribution in [-0.4, -0.2) is 9.55 Å². The predicted molar refractivity (Wildman–Crippen MR) is 104 cm³/mol. The lowest BCUT2D eigenvalue weighted by Crippen LogP contribution is -2.29. The number of alkyl halides is 3. The summed E-state index contributed by atoms with van der Waals surface area (Å²) in [5.41, 5.74) is -1.56. The predicted octanol–water partition coefficient (Wildman–Crippen LogP) is 6.01. The summed E-state index contributed by atoms with van der Waals surface area (Å²) < 4.78 is 40.8. The fourth-order valence-electron chi connectivity index (χ4n) is 2.48. The molecule has 0 saturated carbocycles. The molecule has 0 saturated heterocycles. The van der Waals surface area contributed by atoms with E-state index in [-0.39, 0.29) is 28.2 Å². The number of nitrogens with one attached hydrogen (secondary N) is 1. The summed E-state index contributed by atoms with van der Waals surface area (Å²) in [6, 6.07) is 13.0. The number of hydrogen-bond donors (Lipinski definition) is 1. The summed E-state index contributed by atoms with van der Waals surface area (Å²) in [6.07, 6.45) is -4.90. The largest absolute Gasteiger partial charge is 0.435 e. The first-order chi connectivity index (χ1) is 13.1. The van der Waals surface area contributed by atoms with E-state index in [0.717, 1.165) is 4.57 Å². The third-order valence-corrected chi connectivity index (χ3v) is 4.46. The minimum absolute atomic E-state index is 0.0405. The van der Waals surface area contributed by atoms with Gasteiger partial charge >= 0.3 is 6.18 Å². The molecule has 0 aliphatic heterocycles. The number of nitrogens with zero attached hydrogens (tertiary/aromatic N) is 2. The van der Waals surface area contributed by atoms with Crippen LogP contribution in [0.25, 0.3) is 0 Å². The molecule has 1 heterocycles. The highest BCUT2D eigenvalue weighted by Gasteiger charge is 2.38. The van der Waals surface area contributed by atoms with Gasteiger partial charge in [0.2, 0.25) is 5.95 Å². The van der Waals surface area contributed by atoms with E-state index >= 15 is 0 Å². The molecular formula is C18H11Cl3F3N3O. The molecule has 10 heteroatoms. The van der Waals surface area contributed by atoms with Crippen LogP contribution in [0, 0.1) is 0 Å². The van der Waals surface area contributed by atoms with Gasteiger partial charge in [-0.05, 0) is 23.8 Å². The smallest absolute Gasteiger partial charge is 0.325 e. The van der Waals surface area contributed by atoms with E-state index in [4.69, 9.17) is 34.8 Å². The number of benzene rings is 2. The lowest BCUT2D eigenvalue weighted by Gasteiger charge is -2.17. The monoisotopic (exact) mass is 447 g/mol. The first kappa shape index (κ1) is 20.5. The lowest BCUT2D eigenvalue weighted by molar-refractivity contribution is -0.141. The molecule has 0 spiro atoms. The Bertz CT molecular complexity index is 1050. The van der Waals surface area contributed by atoms with Crippen LogP contribution in [0.2, 0.25) is 15.1 Å². The number of halogens is 6. The van der Waals surface area contributed by atoms with Crippen LogP contribution in [0.5, 0.6) is 0 Å². The second-order valence-electron chi connectivity index (χ2n) is 5.76. The van der Waals surface area contributed by atoms with Crippen molar-refractivity contribution in [3.63, 3.8) is 0 Å². The summed E-state index contributed by atoms with van der Waals surface area (Å²) in [7, 11) is 0. The van der Waals surface area contributed by atoms with Crippen molar-refractivity contribution in [3.8, 4) is 0 Å². The van der Waals surface area contributed by atoms with E-state index in [9.17, 15) is 18.0 Å². The Kier molecular flexibility index (Phi) is 5.88. The van der Waals surface area contributed by atoms with Crippen molar-refractivity contribution >= 4 is 46.4 Å². The van der Waals surface area contributed by atoms with Crippen molar-refractivity contribution in [2.75, 3.05) is 5.32 Å². The highest BCUT2D eigenvalue weighted by atomic mass is 35.5. The van der Waals surface area contributed by atoms with Gasteiger partial charge < -0.3 is 5.32 Å². The molecule has 3 aromatic rings. The van der Waals surface area contributed by atoms with Gasteiger partial charge in [0, 0.05) is 15.7 Å². The molecule has 4 nitrogen and oxygen atoms in total. The molecule has 0 aliphatic carbocycles. The Morgan fingerprint density at radius 1 is 1.00 bits per heavy atom. The van der Waals surface area contributed by atoms with Crippen molar-refractivity contribution in [1.82, 2.24) is 9.55 Å². The fourth-order valence-corrected chi connectivity index (χ4v) is 3.26. The second-order valence-corrected chi connectivity index (χ2v) is 7.01. The number of anilines is 2. The molecule has 28 heavy (non-hydrogen) atoms. The van der Waals surface area contributed by atoms with Gasteiger partial charge in [-0.25, -0.2) is 4.98 Å². The number of hydrogen-bond acceptors (Lipinski definition) is 3. The zero-order chi connectivity index (χ0) is 20.5. The van der Waals surface area contributed by atoms with E-state index in [1.165, 1.54) is 18.2 Å². The first-order valence-corrected chi connectivity index (χ1v) is 8.93. The Hall–Kier alpha value is -2.22. The Balaban J connectivity index is 2.16. The van der Waals surface area contributed by atoms with Gasteiger partial charge in [-0.2, -0.15) is 13.2 Å². The molecular weight excluding hydrogens is 438 g/mol. The van der Waals surface area contributed by atoms with E-state index in [2.05, 4.69) is 10.3 Å². The molecule has 0 bridgehead atoms. The maximum Gasteiger partial charge on any atom is 0.435 e. The van der Waals surface area contributed by atoms with Crippen LogP contribution >= 0.6 is 34.8 Å². The van der Waals surface area contributed by atoms with Gasteiger partial charge in [0.15, 0.2) is 5.69 Å². The fraction of sp³-hybridized carbons (Fsp3) is 0.111. The van der Waals surface area contributed by atoms with Crippen LogP contribution in [0.3, 0.4) is 0 Å². The molecule has 0 atom stereocenters. The summed E-state index contributed by atoms with van der Waals surface area (Å²) in [5.74, 6) is -0.344. The van der Waals surface area contributed by atoms with Gasteiger partial charge in [0.05, 0.1) is 6.54 Å². The van der Waals surface area contributed by atoms with Gasteiger partial charge in [0.1, 0.15) is 5.02 Å². The summed E-state index contributed by atoms with van der Waals surface area (Å²) in [4.78, 5) is 16.1. The highest BCUT2D eigenvalue weighted by Crippen LogP contribution is 2.33. The van der Waals surface area contributed by atoms with Crippen molar-refractivity contribution in [3.05, 3.63) is 85.2 Å². The minimum atomic E-state index is -4.90. The van der Waals surface area contributed by atoms with Crippen molar-refractivity contribution in [2.45, 2.75) is 12.7 Å². The Morgan fingerprint density at radius 2 is 1.61 bits per heavy atom. The summed E-state index contributed by atoms with van der Waals surface area (Å²) in [6.45, 7) is -0.0405. The lowest BCUT2D eigenvalue weighted by atomic mass is 10.2. The maximum atomic E-state index is 13.3. The van der Waals surface area contributed by atoms with Crippen LogP contribution in [0.4, 0.5) is 24.8 Å². The molecule has 0 unspecified atom stereocenters. The normalized spacial score (nSPS) is 11.5. The standard InChI is InChI=1S/C18H11Cl3F3N3O/c19-11-6-12(20)8-13(7-11)25-17-26-15(18(22,23)24)14(21)16(28)27(17)9-10-4-2-1-3-5-10/h1-8H,9H2,(H,25,26). The van der Waals surface area contributed by atoms with Crippen LogP contribution in [0.15, 0.2) is 53.3 Å². The van der Waals surface area contributed by atoms with Gasteiger partial charge in [-0.3, -0.25) is 9.36 Å². The quantitative estimate of drug-likeness (QED) is 0.531. The van der Waals surface area contributed by atoms with E-state index in [1.807, 2.05) is 0 Å². The first-order valence-electron chi connectivity index (χ1n) is 7.79. The van der Waals surface area contributed by atoms with Gasteiger partial charge in [-0.15, -0.1) is 0 Å². The van der Waals surface area contributed by atoms with Crippen LogP contribution in [-0.2, 0) is 12.7 Å². The molecule has 1 aromatic heterocycles. The number of aromatic nitrogens is 2. The summed E-state index contributed by atoms with van der Waals surface area (Å²) >= 11 is 17.6. The van der Waals surface area contributed by atoms with Crippen LogP contribution in [0.1, 0.15) is 11.3 Å². The van der Waals surface area contributed by atoms with Crippen LogP contribution < -0.4 is 10.9 Å². The molecule has 1 N–H and O–H groups in total. The average Bonchev–Trinajstić information content (AvgIpc) is 2.60. The molecule has 0 amide bonds. The summed E-state index contributed by atoms with van der Waals surface area (Å²) in [5, 5.41) is 2.20. The highest BCUT2D eigenvalue weighted by molar-refractivity contribution is 6.35. The maximum absolute atomic E-state index is 13.3.